The first-order valence-electron chi connectivity index (χ1n) is 11.4. The van der Waals surface area contributed by atoms with Crippen LogP contribution in [0.25, 0.3) is 0 Å². The molecule has 0 aromatic heterocycles. The lowest BCUT2D eigenvalue weighted by atomic mass is 10.0. The Balaban J connectivity index is 2.03. The highest BCUT2D eigenvalue weighted by Crippen LogP contribution is 2.22. The van der Waals surface area contributed by atoms with Crippen molar-refractivity contribution in [2.24, 2.45) is 0 Å². The molecule has 10 nitrogen and oxygen atoms in total. The Bertz CT molecular complexity index is 1090. The van der Waals surface area contributed by atoms with E-state index in [4.69, 9.17) is 16.3 Å². The van der Waals surface area contributed by atoms with Crippen molar-refractivity contribution in [3.05, 3.63) is 74.8 Å². The molecule has 11 heteroatoms. The number of halogens is 1. The number of benzene rings is 2. The minimum Gasteiger partial charge on any atom is -0.444 e. The standard InChI is InChI=1S/C25H31ClN4O6/c1-16(22(31)27-15-18-14-19(26)11-13-21(18)30(34)35)28-23(32)20(29-24(33)36-25(2,3)4)12-10-17-8-6-5-7-9-17/h5-9,11,13-14,16,20H,10,12,15H2,1-4H3,(H,27,31)(H,28,32)(H,29,33)/t16-,20+/m0/s1. The molecule has 0 saturated heterocycles. The van der Waals surface area contributed by atoms with Gasteiger partial charge in [-0.2, -0.15) is 0 Å². The molecular weight excluding hydrogens is 488 g/mol. The van der Waals surface area contributed by atoms with Gasteiger partial charge in [0.15, 0.2) is 0 Å². The van der Waals surface area contributed by atoms with Gasteiger partial charge >= 0.3 is 6.09 Å². The van der Waals surface area contributed by atoms with Crippen LogP contribution in [-0.4, -0.2) is 40.5 Å². The van der Waals surface area contributed by atoms with E-state index in [0.717, 1.165) is 5.56 Å². The first-order chi connectivity index (χ1) is 16.9. The quantitative estimate of drug-likeness (QED) is 0.322. The average molecular weight is 519 g/mol. The zero-order chi connectivity index (χ0) is 26.9. The van der Waals surface area contributed by atoms with E-state index in [1.807, 2.05) is 30.3 Å². The zero-order valence-corrected chi connectivity index (χ0v) is 21.4. The van der Waals surface area contributed by atoms with Crippen LogP contribution in [0.1, 0.15) is 45.2 Å². The van der Waals surface area contributed by atoms with Gasteiger partial charge in [-0.05, 0) is 58.2 Å². The van der Waals surface area contributed by atoms with Crippen LogP contribution in [0.4, 0.5) is 10.5 Å². The number of nitrogens with zero attached hydrogens (tertiary/aromatic N) is 1. The summed E-state index contributed by atoms with van der Waals surface area (Å²) in [4.78, 5) is 48.5. The molecule has 3 N–H and O–H groups in total. The molecule has 0 aliphatic heterocycles. The summed E-state index contributed by atoms with van der Waals surface area (Å²) in [6, 6.07) is 11.6. The lowest BCUT2D eigenvalue weighted by Crippen LogP contribution is -2.53. The SMILES string of the molecule is C[C@H](NC(=O)[C@@H](CCc1ccccc1)NC(=O)OC(C)(C)C)C(=O)NCc1cc(Cl)ccc1[N+](=O)[O-]. The van der Waals surface area contributed by atoms with Crippen molar-refractivity contribution in [1.29, 1.82) is 0 Å². The van der Waals surface area contributed by atoms with Gasteiger partial charge in [-0.3, -0.25) is 19.7 Å². The number of hydrogen-bond donors (Lipinski definition) is 3. The van der Waals surface area contributed by atoms with Gasteiger partial charge < -0.3 is 20.7 Å². The molecule has 2 aromatic carbocycles. The highest BCUT2D eigenvalue weighted by molar-refractivity contribution is 6.30. The van der Waals surface area contributed by atoms with Crippen LogP contribution in [0.5, 0.6) is 0 Å². The van der Waals surface area contributed by atoms with Gasteiger partial charge in [0, 0.05) is 17.6 Å². The second kappa shape index (κ2) is 12.9. The van der Waals surface area contributed by atoms with E-state index in [0.29, 0.717) is 11.4 Å². The van der Waals surface area contributed by atoms with Crippen molar-refractivity contribution in [1.82, 2.24) is 16.0 Å². The number of amides is 3. The van der Waals surface area contributed by atoms with Gasteiger partial charge in [-0.1, -0.05) is 41.9 Å². The summed E-state index contributed by atoms with van der Waals surface area (Å²) in [5.41, 5.74) is 0.279. The second-order valence-corrected chi connectivity index (χ2v) is 9.64. The zero-order valence-electron chi connectivity index (χ0n) is 20.7. The molecule has 0 saturated carbocycles. The number of nitro groups is 1. The van der Waals surface area contributed by atoms with E-state index in [1.165, 1.54) is 25.1 Å². The molecule has 0 bridgehead atoms. The van der Waals surface area contributed by atoms with Gasteiger partial charge in [0.1, 0.15) is 17.7 Å². The summed E-state index contributed by atoms with van der Waals surface area (Å²) in [6.07, 6.45) is 0.0346. The summed E-state index contributed by atoms with van der Waals surface area (Å²) in [5.74, 6) is -1.12. The fourth-order valence-electron chi connectivity index (χ4n) is 3.26. The molecule has 0 unspecified atom stereocenters. The lowest BCUT2D eigenvalue weighted by Gasteiger charge is -2.24. The fourth-order valence-corrected chi connectivity index (χ4v) is 3.46. The van der Waals surface area contributed by atoms with Gasteiger partial charge in [0.2, 0.25) is 11.8 Å². The van der Waals surface area contributed by atoms with Crippen LogP contribution in [0.3, 0.4) is 0 Å². The Kier molecular flexibility index (Phi) is 10.2. The number of alkyl carbamates (subject to hydrolysis) is 1. The summed E-state index contributed by atoms with van der Waals surface area (Å²) in [7, 11) is 0. The maximum absolute atomic E-state index is 13.0. The van der Waals surface area contributed by atoms with Gasteiger partial charge in [-0.15, -0.1) is 0 Å². The molecule has 36 heavy (non-hydrogen) atoms. The summed E-state index contributed by atoms with van der Waals surface area (Å²) in [6.45, 7) is 6.46. The Hall–Kier alpha value is -3.66. The third kappa shape index (κ3) is 9.53. The third-order valence-electron chi connectivity index (χ3n) is 5.02. The van der Waals surface area contributed by atoms with E-state index < -0.39 is 40.5 Å². The van der Waals surface area contributed by atoms with E-state index >= 15 is 0 Å². The maximum Gasteiger partial charge on any atom is 0.408 e. The normalized spacial score (nSPS) is 12.7. The van der Waals surface area contributed by atoms with Crippen molar-refractivity contribution < 1.29 is 24.0 Å². The molecular formula is C25H31ClN4O6. The monoisotopic (exact) mass is 518 g/mol. The Morgan fingerprint density at radius 3 is 2.33 bits per heavy atom. The number of carbonyl (C=O) groups excluding carboxylic acids is 3. The van der Waals surface area contributed by atoms with Crippen molar-refractivity contribution >= 4 is 35.2 Å². The number of ether oxygens (including phenoxy) is 1. The van der Waals surface area contributed by atoms with E-state index in [2.05, 4.69) is 16.0 Å². The highest BCUT2D eigenvalue weighted by atomic mass is 35.5. The van der Waals surface area contributed by atoms with Crippen LogP contribution in [0.2, 0.25) is 5.02 Å². The molecule has 0 radical (unpaired) electrons. The van der Waals surface area contributed by atoms with Gasteiger partial charge in [-0.25, -0.2) is 4.79 Å². The van der Waals surface area contributed by atoms with Crippen LogP contribution in [0.15, 0.2) is 48.5 Å². The number of aryl methyl sites for hydroxylation is 1. The van der Waals surface area contributed by atoms with Crippen molar-refractivity contribution in [2.45, 2.75) is 64.8 Å². The van der Waals surface area contributed by atoms with E-state index in [9.17, 15) is 24.5 Å². The van der Waals surface area contributed by atoms with E-state index in [1.54, 1.807) is 20.8 Å². The summed E-state index contributed by atoms with van der Waals surface area (Å²) < 4.78 is 5.28. The Morgan fingerprint density at radius 1 is 1.06 bits per heavy atom. The molecule has 0 spiro atoms. The fraction of sp³-hybridized carbons (Fsp3) is 0.400. The van der Waals surface area contributed by atoms with Crippen LogP contribution in [-0.2, 0) is 27.3 Å². The predicted molar refractivity (Wildman–Crippen MR) is 135 cm³/mol. The Morgan fingerprint density at radius 2 is 1.72 bits per heavy atom. The minimum atomic E-state index is -0.976. The number of hydrogen-bond acceptors (Lipinski definition) is 6. The van der Waals surface area contributed by atoms with E-state index in [-0.39, 0.29) is 24.2 Å². The number of nitro benzene ring substituents is 1. The first kappa shape index (κ1) is 28.6. The number of nitrogens with one attached hydrogen (secondary N) is 3. The molecule has 2 atom stereocenters. The maximum atomic E-state index is 13.0. The molecule has 0 aliphatic carbocycles. The van der Waals surface area contributed by atoms with Crippen molar-refractivity contribution in [2.75, 3.05) is 0 Å². The van der Waals surface area contributed by atoms with Crippen LogP contribution < -0.4 is 16.0 Å². The highest BCUT2D eigenvalue weighted by Gasteiger charge is 2.27. The lowest BCUT2D eigenvalue weighted by molar-refractivity contribution is -0.385. The topological polar surface area (TPSA) is 140 Å². The molecule has 3 amide bonds. The van der Waals surface area contributed by atoms with Crippen LogP contribution in [0, 0.1) is 10.1 Å². The molecule has 0 heterocycles. The third-order valence-corrected chi connectivity index (χ3v) is 5.25. The first-order valence-corrected chi connectivity index (χ1v) is 11.8. The smallest absolute Gasteiger partial charge is 0.408 e. The van der Waals surface area contributed by atoms with Gasteiger partial charge in [0.05, 0.1) is 10.5 Å². The number of carbonyl (C=O) groups is 3. The van der Waals surface area contributed by atoms with Crippen molar-refractivity contribution in [3.8, 4) is 0 Å². The predicted octanol–water partition coefficient (Wildman–Crippen LogP) is 3.90. The van der Waals surface area contributed by atoms with Gasteiger partial charge in [0.25, 0.3) is 5.69 Å². The largest absolute Gasteiger partial charge is 0.444 e. The molecule has 0 fully saturated rings. The summed E-state index contributed by atoms with van der Waals surface area (Å²) in [5, 5.41) is 19.2. The van der Waals surface area contributed by atoms with Crippen molar-refractivity contribution in [3.63, 3.8) is 0 Å². The molecule has 0 aliphatic rings. The molecule has 194 valence electrons. The average Bonchev–Trinajstić information content (AvgIpc) is 2.79. The number of rotatable bonds is 10. The van der Waals surface area contributed by atoms with Crippen LogP contribution >= 0.6 is 11.6 Å². The second-order valence-electron chi connectivity index (χ2n) is 9.20. The minimum absolute atomic E-state index is 0.149. The summed E-state index contributed by atoms with van der Waals surface area (Å²) >= 11 is 5.92. The molecule has 2 aromatic rings. The molecule has 2 rings (SSSR count). The Labute approximate surface area is 214 Å².